The van der Waals surface area contributed by atoms with E-state index in [1.54, 1.807) is 6.33 Å². The van der Waals surface area contributed by atoms with E-state index in [2.05, 4.69) is 96.5 Å². The predicted octanol–water partition coefficient (Wildman–Crippen LogP) is 7.20. The molecule has 2 aromatic rings. The zero-order valence-corrected chi connectivity index (χ0v) is 27.6. The number of hydrogen-bond donors (Lipinski definition) is 1. The van der Waals surface area contributed by atoms with Crippen LogP contribution >= 0.6 is 0 Å². The first kappa shape index (κ1) is 28.3. The topological polar surface area (TPSA) is 70.4 Å². The Morgan fingerprint density at radius 2 is 1.74 bits per heavy atom. The molecule has 5 rings (SSSR count). The van der Waals surface area contributed by atoms with Gasteiger partial charge in [0.25, 0.3) is 0 Å². The lowest BCUT2D eigenvalue weighted by Crippen LogP contribution is -2.64. The van der Waals surface area contributed by atoms with Crippen LogP contribution in [0.1, 0.15) is 86.8 Å². The molecule has 38 heavy (non-hydrogen) atoms. The maximum absolute atomic E-state index is 7.41. The van der Waals surface area contributed by atoms with Crippen molar-refractivity contribution in [3.63, 3.8) is 0 Å². The molecular formula is C29H50N4O3Si2. The molecular weight excluding hydrogens is 509 g/mol. The first-order valence-corrected chi connectivity index (χ1v) is 19.3. The third-order valence-electron chi connectivity index (χ3n) is 9.69. The third kappa shape index (κ3) is 4.40. The highest BCUT2D eigenvalue weighted by molar-refractivity contribution is 6.74. The zero-order valence-electron chi connectivity index (χ0n) is 25.6. The fourth-order valence-electron chi connectivity index (χ4n) is 6.91. The highest BCUT2D eigenvalue weighted by Crippen LogP contribution is 2.58. The van der Waals surface area contributed by atoms with Crippen molar-refractivity contribution in [2.75, 3.05) is 18.5 Å². The second kappa shape index (κ2) is 9.13. The average molecular weight is 559 g/mol. The second-order valence-corrected chi connectivity index (χ2v) is 24.9. The van der Waals surface area contributed by atoms with Gasteiger partial charge >= 0.3 is 8.56 Å². The molecule has 212 valence electrons. The van der Waals surface area contributed by atoms with E-state index in [9.17, 15) is 0 Å². The Balaban J connectivity index is 1.62. The molecule has 2 aromatic heterocycles. The van der Waals surface area contributed by atoms with Crippen molar-refractivity contribution in [1.82, 2.24) is 14.5 Å². The van der Waals surface area contributed by atoms with Crippen LogP contribution in [-0.2, 0) is 19.7 Å². The van der Waals surface area contributed by atoms with Crippen molar-refractivity contribution in [2.45, 2.75) is 128 Å². The molecule has 1 saturated carbocycles. The van der Waals surface area contributed by atoms with Gasteiger partial charge in [-0.2, -0.15) is 0 Å². The van der Waals surface area contributed by atoms with E-state index in [0.717, 1.165) is 43.9 Å². The minimum absolute atomic E-state index is 0.0150. The van der Waals surface area contributed by atoms with Crippen LogP contribution in [0.5, 0.6) is 0 Å². The summed E-state index contributed by atoms with van der Waals surface area (Å²) in [6, 6.07) is 0.144. The number of anilines is 1. The first-order chi connectivity index (χ1) is 17.5. The second-order valence-electron chi connectivity index (χ2n) is 15.4. The molecule has 0 spiro atoms. The monoisotopic (exact) mass is 558 g/mol. The van der Waals surface area contributed by atoms with Crippen molar-refractivity contribution >= 4 is 33.7 Å². The standard InChI is InChI=1S/C29H50N4O3Si2/c1-27(2,3)37(10,11)35-24-21(33-16-19-13-12-14-30-25-22(19)26(33)32-18-31-25)15-20-17-34-38(28(4,5)6,29(7,8)9)36-23(20)24/h16,18,20-21,23-24H,12-15,17H2,1-11H3,(H,30,31,32)/t20-,21-,23-,24+/m1/s1. The smallest absolute Gasteiger partial charge is 0.349 e. The number of nitrogens with zero attached hydrogens (tertiary/aromatic N) is 3. The van der Waals surface area contributed by atoms with Gasteiger partial charge in [-0.05, 0) is 43.0 Å². The molecule has 1 N–H and O–H groups in total. The van der Waals surface area contributed by atoms with Crippen LogP contribution in [0.2, 0.25) is 28.2 Å². The summed E-state index contributed by atoms with van der Waals surface area (Å²) in [6.45, 7) is 27.2. The molecule has 0 aromatic carbocycles. The molecule has 1 saturated heterocycles. The zero-order chi connectivity index (χ0) is 27.9. The summed E-state index contributed by atoms with van der Waals surface area (Å²) < 4.78 is 24.1. The van der Waals surface area contributed by atoms with Gasteiger partial charge in [-0.15, -0.1) is 0 Å². The van der Waals surface area contributed by atoms with E-state index >= 15 is 0 Å². The van der Waals surface area contributed by atoms with Gasteiger partial charge in [0.2, 0.25) is 0 Å². The molecule has 9 heteroatoms. The number of hydrogen-bond acceptors (Lipinski definition) is 6. The van der Waals surface area contributed by atoms with Crippen LogP contribution < -0.4 is 5.32 Å². The minimum Gasteiger partial charge on any atom is -0.409 e. The van der Waals surface area contributed by atoms with Gasteiger partial charge in [-0.3, -0.25) is 0 Å². The van der Waals surface area contributed by atoms with Crippen LogP contribution in [0, 0.1) is 5.92 Å². The summed E-state index contributed by atoms with van der Waals surface area (Å²) in [5, 5.41) is 4.69. The van der Waals surface area contributed by atoms with Gasteiger partial charge in [0.05, 0.1) is 23.6 Å². The minimum atomic E-state index is -2.64. The van der Waals surface area contributed by atoms with E-state index < -0.39 is 16.9 Å². The Labute approximate surface area is 231 Å². The Hall–Kier alpha value is -1.27. The van der Waals surface area contributed by atoms with Crippen molar-refractivity contribution in [3.05, 3.63) is 18.1 Å². The molecule has 2 aliphatic heterocycles. The molecule has 2 fully saturated rings. The van der Waals surface area contributed by atoms with Crippen molar-refractivity contribution in [2.24, 2.45) is 5.92 Å². The van der Waals surface area contributed by atoms with Crippen molar-refractivity contribution < 1.29 is 13.3 Å². The van der Waals surface area contributed by atoms with E-state index in [4.69, 9.17) is 18.3 Å². The third-order valence-corrected chi connectivity index (χ3v) is 19.3. The molecule has 0 radical (unpaired) electrons. The quantitative estimate of drug-likeness (QED) is 0.402. The maximum Gasteiger partial charge on any atom is 0.349 e. The number of nitrogens with one attached hydrogen (secondary N) is 1. The molecule has 0 unspecified atom stereocenters. The van der Waals surface area contributed by atoms with Crippen LogP contribution in [0.15, 0.2) is 12.5 Å². The van der Waals surface area contributed by atoms with Gasteiger partial charge in [0.15, 0.2) is 8.32 Å². The Morgan fingerprint density at radius 1 is 1.05 bits per heavy atom. The number of aryl methyl sites for hydroxylation is 1. The summed E-state index contributed by atoms with van der Waals surface area (Å²) in [5.74, 6) is 1.26. The lowest BCUT2D eigenvalue weighted by Gasteiger charge is -2.55. The molecule has 1 aliphatic carbocycles. The van der Waals surface area contributed by atoms with Crippen LogP contribution in [0.3, 0.4) is 0 Å². The predicted molar refractivity (Wildman–Crippen MR) is 160 cm³/mol. The van der Waals surface area contributed by atoms with Crippen molar-refractivity contribution in [1.29, 1.82) is 0 Å². The maximum atomic E-state index is 7.41. The fraction of sp³-hybridized carbons (Fsp3) is 0.793. The highest BCUT2D eigenvalue weighted by atomic mass is 28.4. The SMILES string of the molecule is CC(C)(C)[Si](C)(C)O[C@@H]1[C@@H]2O[Si](C(C)(C)C)(C(C)(C)C)OC[C@H]2C[C@H]1n1cc2c3c(ncnc31)NCCC2. The van der Waals surface area contributed by atoms with E-state index in [1.807, 2.05) is 0 Å². The summed E-state index contributed by atoms with van der Waals surface area (Å²) >= 11 is 0. The number of fused-ring (bicyclic) bond motifs is 1. The average Bonchev–Trinajstić information content (AvgIpc) is 3.24. The molecule has 0 amide bonds. The van der Waals surface area contributed by atoms with Crippen LogP contribution in [-0.4, -0.2) is 56.8 Å². The normalized spacial score (nSPS) is 28.2. The summed E-state index contributed by atoms with van der Waals surface area (Å²) in [4.78, 5) is 9.43. The van der Waals surface area contributed by atoms with Crippen LogP contribution in [0.25, 0.3) is 11.0 Å². The van der Waals surface area contributed by atoms with Crippen LogP contribution in [0.4, 0.5) is 5.82 Å². The Bertz CT molecular complexity index is 1180. The first-order valence-electron chi connectivity index (χ1n) is 14.5. The van der Waals surface area contributed by atoms with Crippen molar-refractivity contribution in [3.8, 4) is 0 Å². The van der Waals surface area contributed by atoms with E-state index in [0.29, 0.717) is 5.92 Å². The number of rotatable bonds is 3. The van der Waals surface area contributed by atoms with Gasteiger partial charge in [0, 0.05) is 35.3 Å². The van der Waals surface area contributed by atoms with E-state index in [1.165, 1.54) is 10.9 Å². The van der Waals surface area contributed by atoms with Gasteiger partial charge in [-0.25, -0.2) is 9.97 Å². The Morgan fingerprint density at radius 3 is 2.37 bits per heavy atom. The molecule has 0 bridgehead atoms. The Kier molecular flexibility index (Phi) is 6.79. The van der Waals surface area contributed by atoms with Gasteiger partial charge in [0.1, 0.15) is 17.8 Å². The fourth-order valence-corrected chi connectivity index (χ4v) is 13.3. The molecule has 4 heterocycles. The summed E-state index contributed by atoms with van der Waals surface area (Å²) in [5.41, 5.74) is 2.36. The lowest BCUT2D eigenvalue weighted by molar-refractivity contribution is -0.0533. The molecule has 3 aliphatic rings. The number of aromatic nitrogens is 3. The summed E-state index contributed by atoms with van der Waals surface area (Å²) in [6.07, 6.45) is 7.13. The highest BCUT2D eigenvalue weighted by Gasteiger charge is 2.65. The van der Waals surface area contributed by atoms with E-state index in [-0.39, 0.29) is 33.4 Å². The van der Waals surface area contributed by atoms with Gasteiger partial charge in [-0.1, -0.05) is 62.3 Å². The molecule has 4 atom stereocenters. The summed E-state index contributed by atoms with van der Waals surface area (Å²) in [7, 11) is -4.73. The van der Waals surface area contributed by atoms with Gasteiger partial charge < -0.3 is 23.2 Å². The molecule has 7 nitrogen and oxygen atoms in total. The lowest BCUT2D eigenvalue weighted by atomic mass is 10.1. The largest absolute Gasteiger partial charge is 0.409 e.